The van der Waals surface area contributed by atoms with Gasteiger partial charge in [-0.25, -0.2) is 4.39 Å². The van der Waals surface area contributed by atoms with E-state index in [1.54, 1.807) is 0 Å². The topological polar surface area (TPSA) is 52.4 Å². The second-order valence-corrected chi connectivity index (χ2v) is 4.42. The zero-order chi connectivity index (χ0) is 14.8. The quantitative estimate of drug-likeness (QED) is 0.361. The van der Waals surface area contributed by atoms with Gasteiger partial charge in [-0.1, -0.05) is 15.9 Å². The summed E-state index contributed by atoms with van der Waals surface area (Å²) in [5, 5.41) is 10.3. The minimum Gasteiger partial charge on any atom is -0.489 e. The number of nitro benzene ring substituents is 1. The Morgan fingerprint density at radius 3 is 2.37 bits per heavy atom. The third-order valence-corrected chi connectivity index (χ3v) is 2.72. The molecule has 0 aliphatic heterocycles. The van der Waals surface area contributed by atoms with Crippen LogP contribution < -0.4 is 4.74 Å². The molecule has 0 aliphatic carbocycles. The summed E-state index contributed by atoms with van der Waals surface area (Å²) >= 11 is 2.26. The van der Waals surface area contributed by atoms with Crippen LogP contribution in [-0.2, 0) is 0 Å². The second-order valence-electron chi connectivity index (χ2n) is 3.31. The highest BCUT2D eigenvalue weighted by Gasteiger charge is 2.38. The number of halogens is 6. The van der Waals surface area contributed by atoms with Crippen LogP contribution in [0.5, 0.6) is 5.75 Å². The smallest absolute Gasteiger partial charge is 0.404 e. The van der Waals surface area contributed by atoms with Crippen molar-refractivity contribution < 1.29 is 31.6 Å². The van der Waals surface area contributed by atoms with Crippen molar-refractivity contribution in [1.29, 1.82) is 0 Å². The van der Waals surface area contributed by atoms with Crippen LogP contribution in [0.25, 0.3) is 0 Å². The molecule has 0 aliphatic rings. The van der Waals surface area contributed by atoms with Gasteiger partial charge in [0.1, 0.15) is 11.4 Å². The second kappa shape index (κ2) is 5.68. The van der Waals surface area contributed by atoms with E-state index in [0.29, 0.717) is 6.07 Å². The van der Waals surface area contributed by atoms with Gasteiger partial charge in [-0.05, 0) is 0 Å². The zero-order valence-corrected chi connectivity index (χ0v) is 10.5. The fourth-order valence-corrected chi connectivity index (χ4v) is 1.16. The minimum atomic E-state index is -4.62. The average Bonchev–Trinajstić information content (AvgIpc) is 2.27. The highest BCUT2D eigenvalue weighted by Crippen LogP contribution is 2.29. The molecular weight excluding hydrogens is 345 g/mol. The monoisotopic (exact) mass is 349 g/mol. The lowest BCUT2D eigenvalue weighted by Gasteiger charge is -2.15. The van der Waals surface area contributed by atoms with Gasteiger partial charge >= 0.3 is 11.9 Å². The normalized spacial score (nSPS) is 13.2. The van der Waals surface area contributed by atoms with Gasteiger partial charge in [0.15, 0.2) is 11.6 Å². The highest BCUT2D eigenvalue weighted by molar-refractivity contribution is 9.09. The van der Waals surface area contributed by atoms with Crippen LogP contribution in [0.4, 0.5) is 27.6 Å². The van der Waals surface area contributed by atoms with E-state index in [1.165, 1.54) is 0 Å². The summed E-state index contributed by atoms with van der Waals surface area (Å²) in [7, 11) is 0. The molecule has 0 saturated heterocycles. The number of benzene rings is 1. The molecule has 1 aromatic carbocycles. The molecule has 19 heavy (non-hydrogen) atoms. The molecule has 1 aromatic rings. The van der Waals surface area contributed by atoms with Crippen LogP contribution in [0.1, 0.15) is 0 Å². The molecule has 10 heteroatoms. The Kier molecular flexibility index (Phi) is 4.66. The van der Waals surface area contributed by atoms with E-state index in [-0.39, 0.29) is 6.07 Å². The Labute approximate surface area is 111 Å². The van der Waals surface area contributed by atoms with Crippen molar-refractivity contribution in [3.63, 3.8) is 0 Å². The Bertz CT molecular complexity index is 493. The molecular formula is C9H5BrF5NO3. The maximum Gasteiger partial charge on any atom is 0.404 e. The van der Waals surface area contributed by atoms with Crippen molar-refractivity contribution >= 4 is 21.6 Å². The summed E-state index contributed by atoms with van der Waals surface area (Å²) in [4.78, 5) is 7.05. The van der Waals surface area contributed by atoms with E-state index >= 15 is 0 Å². The van der Waals surface area contributed by atoms with Crippen molar-refractivity contribution in [2.75, 3.05) is 6.61 Å². The molecule has 0 N–H and O–H groups in total. The fourth-order valence-electron chi connectivity index (χ4n) is 1.03. The van der Waals surface area contributed by atoms with Crippen LogP contribution in [0, 0.1) is 21.7 Å². The molecule has 1 atom stereocenters. The average molecular weight is 350 g/mol. The van der Waals surface area contributed by atoms with Crippen molar-refractivity contribution in [3.8, 4) is 5.75 Å². The van der Waals surface area contributed by atoms with Gasteiger partial charge in [0.25, 0.3) is 0 Å². The maximum atomic E-state index is 13.2. The van der Waals surface area contributed by atoms with Gasteiger partial charge in [0, 0.05) is 6.07 Å². The predicted octanol–water partition coefficient (Wildman–Crippen LogP) is 3.58. The molecule has 0 radical (unpaired) electrons. The molecule has 0 saturated carbocycles. The van der Waals surface area contributed by atoms with Gasteiger partial charge in [-0.2, -0.15) is 17.6 Å². The van der Waals surface area contributed by atoms with Gasteiger partial charge in [0.05, 0.1) is 11.0 Å². The molecule has 4 nitrogen and oxygen atoms in total. The molecule has 0 amide bonds. The highest BCUT2D eigenvalue weighted by atomic mass is 79.9. The van der Waals surface area contributed by atoms with Crippen molar-refractivity contribution in [2.45, 2.75) is 11.0 Å². The molecule has 106 valence electrons. The summed E-state index contributed by atoms with van der Waals surface area (Å²) in [6.07, 6.45) is -4.62. The van der Waals surface area contributed by atoms with Crippen LogP contribution >= 0.6 is 15.9 Å². The van der Waals surface area contributed by atoms with E-state index in [4.69, 9.17) is 0 Å². The summed E-state index contributed by atoms with van der Waals surface area (Å²) in [5.74, 6) is -3.56. The third kappa shape index (κ3) is 4.01. The first-order valence-electron chi connectivity index (χ1n) is 4.60. The van der Waals surface area contributed by atoms with Crippen LogP contribution in [0.15, 0.2) is 12.1 Å². The lowest BCUT2D eigenvalue weighted by atomic mass is 10.3. The van der Waals surface area contributed by atoms with E-state index < -0.39 is 45.6 Å². The maximum absolute atomic E-state index is 13.2. The van der Waals surface area contributed by atoms with Gasteiger partial charge < -0.3 is 4.74 Å². The third-order valence-electron chi connectivity index (χ3n) is 1.94. The van der Waals surface area contributed by atoms with Gasteiger partial charge in [-0.3, -0.25) is 10.1 Å². The SMILES string of the molecule is O=[N+]([O-])c1cc(F)c(OCC(Br)C(F)(F)F)cc1F. The Balaban J connectivity index is 2.86. The standard InChI is InChI=1S/C9H5BrF5NO3/c10-8(9(13,14)15)3-19-7-2-4(11)6(16(17)18)1-5(7)12/h1-2,8H,3H2. The number of alkyl halides is 4. The lowest BCUT2D eigenvalue weighted by Crippen LogP contribution is -2.29. The molecule has 0 heterocycles. The van der Waals surface area contributed by atoms with E-state index in [2.05, 4.69) is 20.7 Å². The van der Waals surface area contributed by atoms with Crippen LogP contribution in [0.2, 0.25) is 0 Å². The number of ether oxygens (including phenoxy) is 1. The number of rotatable bonds is 4. The summed E-state index contributed by atoms with van der Waals surface area (Å²) in [5.41, 5.74) is -1.13. The fraction of sp³-hybridized carbons (Fsp3) is 0.333. The first-order chi connectivity index (χ1) is 8.62. The molecule has 1 rings (SSSR count). The Hall–Kier alpha value is -1.45. The molecule has 0 spiro atoms. The lowest BCUT2D eigenvalue weighted by molar-refractivity contribution is -0.387. The van der Waals surface area contributed by atoms with Crippen molar-refractivity contribution in [2.24, 2.45) is 0 Å². The summed E-state index contributed by atoms with van der Waals surface area (Å²) in [6, 6.07) is 0.561. The van der Waals surface area contributed by atoms with Crippen molar-refractivity contribution in [1.82, 2.24) is 0 Å². The number of nitrogens with zero attached hydrogens (tertiary/aromatic N) is 1. The van der Waals surface area contributed by atoms with E-state index in [1.807, 2.05) is 0 Å². The van der Waals surface area contributed by atoms with Crippen molar-refractivity contribution in [3.05, 3.63) is 33.9 Å². The number of hydrogen-bond donors (Lipinski definition) is 0. The first kappa shape index (κ1) is 15.6. The Morgan fingerprint density at radius 1 is 1.32 bits per heavy atom. The summed E-state index contributed by atoms with van der Waals surface area (Å²) < 4.78 is 67.2. The minimum absolute atomic E-state index is 0.238. The summed E-state index contributed by atoms with van der Waals surface area (Å²) in [6.45, 7) is -1.00. The van der Waals surface area contributed by atoms with E-state index in [0.717, 1.165) is 0 Å². The first-order valence-corrected chi connectivity index (χ1v) is 5.51. The predicted molar refractivity (Wildman–Crippen MR) is 57.3 cm³/mol. The molecule has 0 bridgehead atoms. The zero-order valence-electron chi connectivity index (χ0n) is 8.88. The number of nitro groups is 1. The van der Waals surface area contributed by atoms with Crippen LogP contribution in [0.3, 0.4) is 0 Å². The molecule has 0 aromatic heterocycles. The van der Waals surface area contributed by atoms with Gasteiger partial charge in [0.2, 0.25) is 5.82 Å². The number of hydrogen-bond acceptors (Lipinski definition) is 3. The molecule has 0 fully saturated rings. The van der Waals surface area contributed by atoms with E-state index in [9.17, 15) is 32.1 Å². The van der Waals surface area contributed by atoms with Gasteiger partial charge in [-0.15, -0.1) is 0 Å². The molecule has 1 unspecified atom stereocenters. The van der Waals surface area contributed by atoms with Crippen LogP contribution in [-0.4, -0.2) is 22.5 Å². The largest absolute Gasteiger partial charge is 0.489 e. The Morgan fingerprint density at radius 2 is 1.89 bits per heavy atom.